The molecule has 5 rings (SSSR count). The molecular formula is C29H30FNO4. The summed E-state index contributed by atoms with van der Waals surface area (Å²) in [6, 6.07) is 20.1. The third-order valence-corrected chi connectivity index (χ3v) is 7.06. The fourth-order valence-electron chi connectivity index (χ4n) is 4.85. The summed E-state index contributed by atoms with van der Waals surface area (Å²) >= 11 is 0. The van der Waals surface area contributed by atoms with Gasteiger partial charge in [0.05, 0.1) is 25.4 Å². The van der Waals surface area contributed by atoms with Crippen LogP contribution in [0.15, 0.2) is 66.7 Å². The zero-order chi connectivity index (χ0) is 24.3. The second-order valence-corrected chi connectivity index (χ2v) is 9.44. The lowest BCUT2D eigenvalue weighted by atomic mass is 9.82. The summed E-state index contributed by atoms with van der Waals surface area (Å²) in [5.74, 6) is -0.560. The number of Topliss-reactive ketones (excluding diaryl/α,β-unsaturated/α-hetero) is 1. The maximum absolute atomic E-state index is 14.6. The Kier molecular flexibility index (Phi) is 6.95. The summed E-state index contributed by atoms with van der Waals surface area (Å²) in [6.45, 7) is 2.98. The lowest BCUT2D eigenvalue weighted by Gasteiger charge is -2.38. The van der Waals surface area contributed by atoms with Gasteiger partial charge in [-0.25, -0.2) is 4.39 Å². The highest BCUT2D eigenvalue weighted by Gasteiger charge is 2.35. The van der Waals surface area contributed by atoms with Crippen molar-refractivity contribution in [2.45, 2.75) is 38.1 Å². The number of benzene rings is 3. The predicted molar refractivity (Wildman–Crippen MR) is 131 cm³/mol. The van der Waals surface area contributed by atoms with Crippen molar-refractivity contribution >= 4 is 5.78 Å². The van der Waals surface area contributed by atoms with Crippen molar-refractivity contribution in [3.05, 3.63) is 100 Å². The number of nitrogens with zero attached hydrogens (tertiary/aromatic N) is 1. The second kappa shape index (κ2) is 10.3. The Labute approximate surface area is 205 Å². The van der Waals surface area contributed by atoms with E-state index >= 15 is 0 Å². The monoisotopic (exact) mass is 475 g/mol. The van der Waals surface area contributed by atoms with E-state index in [1.807, 2.05) is 41.3 Å². The first kappa shape index (κ1) is 23.7. The van der Waals surface area contributed by atoms with Gasteiger partial charge in [0, 0.05) is 18.7 Å². The zero-order valence-electron chi connectivity index (χ0n) is 19.7. The van der Waals surface area contributed by atoms with Gasteiger partial charge in [-0.3, -0.25) is 9.69 Å². The topological polar surface area (TPSA) is 59.0 Å². The summed E-state index contributed by atoms with van der Waals surface area (Å²) in [5.41, 5.74) is 3.72. The molecule has 2 heterocycles. The van der Waals surface area contributed by atoms with Gasteiger partial charge in [0.2, 0.25) is 0 Å². The molecule has 0 unspecified atom stereocenters. The number of likely N-dealkylation sites (tertiary alicyclic amines) is 1. The molecule has 0 radical (unpaired) electrons. The number of hydrogen-bond donors (Lipinski definition) is 1. The van der Waals surface area contributed by atoms with E-state index in [0.717, 1.165) is 29.7 Å². The molecule has 3 aromatic rings. The Bertz CT molecular complexity index is 1190. The van der Waals surface area contributed by atoms with Gasteiger partial charge in [0.15, 0.2) is 17.3 Å². The number of ether oxygens (including phenoxy) is 2. The molecule has 0 spiro atoms. The lowest BCUT2D eigenvalue weighted by molar-refractivity contribution is -0.0247. The molecule has 182 valence electrons. The van der Waals surface area contributed by atoms with Gasteiger partial charge in [0.25, 0.3) is 0 Å². The van der Waals surface area contributed by atoms with Crippen LogP contribution < -0.4 is 4.74 Å². The lowest BCUT2D eigenvalue weighted by Crippen LogP contribution is -2.44. The summed E-state index contributed by atoms with van der Waals surface area (Å²) < 4.78 is 25.7. The van der Waals surface area contributed by atoms with Crippen LogP contribution >= 0.6 is 0 Å². The minimum absolute atomic E-state index is 0.129. The van der Waals surface area contributed by atoms with Crippen molar-refractivity contribution in [3.63, 3.8) is 0 Å². The number of piperidine rings is 1. The van der Waals surface area contributed by atoms with Crippen LogP contribution in [0.25, 0.3) is 0 Å². The molecule has 0 aliphatic carbocycles. The number of aliphatic hydroxyl groups is 1. The van der Waals surface area contributed by atoms with Crippen molar-refractivity contribution in [3.8, 4) is 5.75 Å². The van der Waals surface area contributed by atoms with Crippen LogP contribution in [-0.4, -0.2) is 42.0 Å². The van der Waals surface area contributed by atoms with E-state index in [-0.39, 0.29) is 24.7 Å². The fourth-order valence-corrected chi connectivity index (χ4v) is 4.85. The maximum atomic E-state index is 14.6. The molecule has 35 heavy (non-hydrogen) atoms. The summed E-state index contributed by atoms with van der Waals surface area (Å²) in [7, 11) is 0. The number of fused-ring (bicyclic) bond motifs is 1. The molecule has 5 nitrogen and oxygen atoms in total. The molecule has 1 fully saturated rings. The van der Waals surface area contributed by atoms with Gasteiger partial charge in [-0.2, -0.15) is 0 Å². The molecule has 0 atom stereocenters. The van der Waals surface area contributed by atoms with Gasteiger partial charge in [-0.15, -0.1) is 0 Å². The van der Waals surface area contributed by atoms with Crippen LogP contribution in [0.5, 0.6) is 5.75 Å². The van der Waals surface area contributed by atoms with Gasteiger partial charge in [-0.1, -0.05) is 48.5 Å². The van der Waals surface area contributed by atoms with Crippen LogP contribution in [0.1, 0.15) is 45.5 Å². The fraction of sp³-hybridized carbons (Fsp3) is 0.345. The number of ketones is 1. The van der Waals surface area contributed by atoms with Crippen LogP contribution in [0, 0.1) is 5.82 Å². The molecule has 0 saturated carbocycles. The first-order valence-corrected chi connectivity index (χ1v) is 12.1. The normalized spacial score (nSPS) is 17.5. The van der Waals surface area contributed by atoms with Gasteiger partial charge in [0.1, 0.15) is 6.61 Å². The van der Waals surface area contributed by atoms with Crippen molar-refractivity contribution in [2.24, 2.45) is 0 Å². The standard InChI is InChI=1S/C29H30FNO4/c30-26-17-23(7-9-28(26)35-19-21-4-2-1-3-5-21)27(32)18-31-13-11-29(33,12-14-31)25-8-6-22-10-15-34-20-24(22)16-25/h1-9,16-17,33H,10-15,18-20H2. The average Bonchev–Trinajstić information content (AvgIpc) is 2.89. The molecule has 2 aliphatic rings. The van der Waals surface area contributed by atoms with Crippen LogP contribution in [0.3, 0.4) is 0 Å². The smallest absolute Gasteiger partial charge is 0.176 e. The molecule has 0 aromatic heterocycles. The van der Waals surface area contributed by atoms with Crippen molar-refractivity contribution in [1.29, 1.82) is 0 Å². The molecule has 6 heteroatoms. The van der Waals surface area contributed by atoms with Crippen molar-refractivity contribution in [1.82, 2.24) is 4.90 Å². The number of carbonyl (C=O) groups excluding carboxylic acids is 1. The van der Waals surface area contributed by atoms with E-state index in [1.165, 1.54) is 17.7 Å². The van der Waals surface area contributed by atoms with E-state index in [2.05, 4.69) is 12.1 Å². The Morgan fingerprint density at radius 2 is 1.83 bits per heavy atom. The Balaban J connectivity index is 1.16. The SMILES string of the molecule is O=C(CN1CCC(O)(c2ccc3c(c2)COCC3)CC1)c1ccc(OCc2ccccc2)c(F)c1. The van der Waals surface area contributed by atoms with E-state index in [0.29, 0.717) is 38.1 Å². The van der Waals surface area contributed by atoms with E-state index in [1.54, 1.807) is 6.07 Å². The molecule has 1 saturated heterocycles. The molecule has 2 aliphatic heterocycles. The number of carbonyl (C=O) groups is 1. The number of hydrogen-bond acceptors (Lipinski definition) is 5. The third kappa shape index (κ3) is 5.45. The third-order valence-electron chi connectivity index (χ3n) is 7.06. The van der Waals surface area contributed by atoms with Gasteiger partial charge >= 0.3 is 0 Å². The molecule has 1 N–H and O–H groups in total. The minimum Gasteiger partial charge on any atom is -0.486 e. The summed E-state index contributed by atoms with van der Waals surface area (Å²) in [4.78, 5) is 14.8. The van der Waals surface area contributed by atoms with Gasteiger partial charge < -0.3 is 14.6 Å². The number of rotatable bonds is 7. The van der Waals surface area contributed by atoms with Crippen LogP contribution in [0.4, 0.5) is 4.39 Å². The molecular weight excluding hydrogens is 445 g/mol. The Morgan fingerprint density at radius 1 is 1.03 bits per heavy atom. The molecule has 0 bridgehead atoms. The predicted octanol–water partition coefficient (Wildman–Crippen LogP) is 4.64. The van der Waals surface area contributed by atoms with Gasteiger partial charge in [-0.05, 0) is 59.7 Å². The highest BCUT2D eigenvalue weighted by Crippen LogP contribution is 2.34. The maximum Gasteiger partial charge on any atom is 0.176 e. The van der Waals surface area contributed by atoms with Crippen LogP contribution in [-0.2, 0) is 30.0 Å². The van der Waals surface area contributed by atoms with E-state index < -0.39 is 11.4 Å². The largest absolute Gasteiger partial charge is 0.486 e. The van der Waals surface area contributed by atoms with Crippen molar-refractivity contribution in [2.75, 3.05) is 26.2 Å². The van der Waals surface area contributed by atoms with Crippen LogP contribution in [0.2, 0.25) is 0 Å². The highest BCUT2D eigenvalue weighted by atomic mass is 19.1. The van der Waals surface area contributed by atoms with E-state index in [9.17, 15) is 14.3 Å². The molecule has 0 amide bonds. The van der Waals surface area contributed by atoms with E-state index in [4.69, 9.17) is 9.47 Å². The molecule has 3 aromatic carbocycles. The minimum atomic E-state index is -0.907. The zero-order valence-corrected chi connectivity index (χ0v) is 19.7. The second-order valence-electron chi connectivity index (χ2n) is 9.44. The van der Waals surface area contributed by atoms with Crippen molar-refractivity contribution < 1.29 is 23.8 Å². The Morgan fingerprint density at radius 3 is 2.60 bits per heavy atom. The quantitative estimate of drug-likeness (QED) is 0.505. The number of halogens is 1. The summed E-state index contributed by atoms with van der Waals surface area (Å²) in [6.07, 6.45) is 1.99. The first-order chi connectivity index (χ1) is 17.0. The first-order valence-electron chi connectivity index (χ1n) is 12.1. The summed E-state index contributed by atoms with van der Waals surface area (Å²) in [5, 5.41) is 11.3. The Hall–Kier alpha value is -3.06. The average molecular weight is 476 g/mol. The highest BCUT2D eigenvalue weighted by molar-refractivity contribution is 5.97.